The zero-order valence-corrected chi connectivity index (χ0v) is 11.9. The van der Waals surface area contributed by atoms with Gasteiger partial charge in [0.1, 0.15) is 6.54 Å². The van der Waals surface area contributed by atoms with E-state index in [-0.39, 0.29) is 6.54 Å². The monoisotopic (exact) mass is 280 g/mol. The number of urea groups is 1. The topological polar surface area (TPSA) is 81.1 Å². The Balaban J connectivity index is 2.96. The molecule has 0 saturated carbocycles. The normalized spacial score (nSPS) is 11.8. The quantitative estimate of drug-likeness (QED) is 0.852. The van der Waals surface area contributed by atoms with Crippen LogP contribution in [0.1, 0.15) is 12.5 Å². The average Bonchev–Trinajstić information content (AvgIpc) is 2.35. The summed E-state index contributed by atoms with van der Waals surface area (Å²) in [6.45, 7) is 3.19. The number of likely N-dealkylation sites (N-methyl/N-ethyl adjacent to an activating group) is 1. The van der Waals surface area contributed by atoms with Gasteiger partial charge in [-0.3, -0.25) is 9.69 Å². The number of aliphatic carboxylic acids is 1. The summed E-state index contributed by atoms with van der Waals surface area (Å²) >= 11 is 0. The van der Waals surface area contributed by atoms with Gasteiger partial charge in [0.25, 0.3) is 0 Å². The number of anilines is 1. The summed E-state index contributed by atoms with van der Waals surface area (Å²) in [5, 5.41) is 18.3. The number of carboxylic acids is 1. The third-order valence-corrected chi connectivity index (χ3v) is 2.73. The molecule has 0 aromatic heterocycles. The fourth-order valence-corrected chi connectivity index (χ4v) is 1.81. The number of carbonyl (C=O) groups is 2. The van der Waals surface area contributed by atoms with Crippen LogP contribution in [0.5, 0.6) is 0 Å². The minimum atomic E-state index is -1.09. The highest BCUT2D eigenvalue weighted by Crippen LogP contribution is 2.16. The van der Waals surface area contributed by atoms with Crippen LogP contribution in [0.4, 0.5) is 10.5 Å². The number of aliphatic hydroxyl groups excluding tert-OH is 1. The van der Waals surface area contributed by atoms with E-state index in [4.69, 9.17) is 5.11 Å². The van der Waals surface area contributed by atoms with E-state index in [0.29, 0.717) is 5.69 Å². The summed E-state index contributed by atoms with van der Waals surface area (Å²) in [6.07, 6.45) is -0.673. The van der Waals surface area contributed by atoms with Crippen LogP contribution in [0.3, 0.4) is 0 Å². The van der Waals surface area contributed by atoms with E-state index in [1.54, 1.807) is 19.1 Å². The van der Waals surface area contributed by atoms with Gasteiger partial charge in [0.05, 0.1) is 6.10 Å². The predicted octanol–water partition coefficient (Wildman–Crippen LogP) is 1.32. The van der Waals surface area contributed by atoms with Gasteiger partial charge in [-0.1, -0.05) is 17.7 Å². The molecule has 2 amide bonds. The largest absolute Gasteiger partial charge is 0.480 e. The first kappa shape index (κ1) is 16.0. The van der Waals surface area contributed by atoms with Crippen LogP contribution < -0.4 is 4.90 Å². The minimum Gasteiger partial charge on any atom is -0.480 e. The number of amides is 2. The van der Waals surface area contributed by atoms with Crippen molar-refractivity contribution in [3.63, 3.8) is 0 Å². The predicted molar refractivity (Wildman–Crippen MR) is 75.9 cm³/mol. The molecule has 0 radical (unpaired) electrons. The third-order valence-electron chi connectivity index (χ3n) is 2.73. The number of carbonyl (C=O) groups excluding carboxylic acids is 1. The van der Waals surface area contributed by atoms with E-state index in [1.165, 1.54) is 16.8 Å². The molecule has 0 bridgehead atoms. The first-order chi connectivity index (χ1) is 9.31. The van der Waals surface area contributed by atoms with Crippen molar-refractivity contribution in [2.75, 3.05) is 25.0 Å². The highest BCUT2D eigenvalue weighted by Gasteiger charge is 2.22. The van der Waals surface area contributed by atoms with E-state index in [9.17, 15) is 14.7 Å². The number of aliphatic hydroxyl groups is 1. The van der Waals surface area contributed by atoms with Crippen molar-refractivity contribution in [1.29, 1.82) is 0 Å². The molecule has 0 spiro atoms. The number of nitrogens with zero attached hydrogens (tertiary/aromatic N) is 2. The van der Waals surface area contributed by atoms with Crippen molar-refractivity contribution in [2.45, 2.75) is 20.0 Å². The lowest BCUT2D eigenvalue weighted by Crippen LogP contribution is -2.46. The molecule has 2 N–H and O–H groups in total. The van der Waals surface area contributed by atoms with Gasteiger partial charge >= 0.3 is 12.0 Å². The Bertz CT molecular complexity index is 471. The van der Waals surface area contributed by atoms with Crippen LogP contribution in [0.15, 0.2) is 24.3 Å². The van der Waals surface area contributed by atoms with Crippen LogP contribution in [0, 0.1) is 6.92 Å². The van der Waals surface area contributed by atoms with Gasteiger partial charge in [0.2, 0.25) is 0 Å². The lowest BCUT2D eigenvalue weighted by Gasteiger charge is -2.27. The molecule has 0 fully saturated rings. The van der Waals surface area contributed by atoms with E-state index in [2.05, 4.69) is 0 Å². The lowest BCUT2D eigenvalue weighted by molar-refractivity contribution is -0.135. The number of benzene rings is 1. The first-order valence-corrected chi connectivity index (χ1v) is 6.30. The van der Waals surface area contributed by atoms with Crippen LogP contribution in [-0.2, 0) is 4.79 Å². The maximum Gasteiger partial charge on any atom is 0.324 e. The highest BCUT2D eigenvalue weighted by atomic mass is 16.4. The van der Waals surface area contributed by atoms with Gasteiger partial charge in [0.15, 0.2) is 0 Å². The summed E-state index contributed by atoms with van der Waals surface area (Å²) in [7, 11) is 1.53. The van der Waals surface area contributed by atoms with E-state index in [1.807, 2.05) is 19.1 Å². The average molecular weight is 280 g/mol. The second-order valence-electron chi connectivity index (χ2n) is 4.83. The summed E-state index contributed by atoms with van der Waals surface area (Å²) < 4.78 is 0. The smallest absolute Gasteiger partial charge is 0.324 e. The molecular formula is C14H20N2O4. The Morgan fingerprint density at radius 2 is 1.80 bits per heavy atom. The van der Waals surface area contributed by atoms with Gasteiger partial charge in [0, 0.05) is 19.3 Å². The minimum absolute atomic E-state index is 0.140. The molecule has 0 aliphatic rings. The molecule has 1 unspecified atom stereocenters. The zero-order chi connectivity index (χ0) is 15.3. The van der Waals surface area contributed by atoms with Gasteiger partial charge in [-0.15, -0.1) is 0 Å². The molecule has 20 heavy (non-hydrogen) atoms. The van der Waals surface area contributed by atoms with E-state index >= 15 is 0 Å². The second kappa shape index (κ2) is 6.91. The maximum absolute atomic E-state index is 12.3. The summed E-state index contributed by atoms with van der Waals surface area (Å²) in [5.41, 5.74) is 1.54. The summed E-state index contributed by atoms with van der Waals surface area (Å²) in [4.78, 5) is 25.7. The van der Waals surface area contributed by atoms with Crippen LogP contribution in [0.25, 0.3) is 0 Å². The summed E-state index contributed by atoms with van der Waals surface area (Å²) in [5.74, 6) is -1.09. The molecule has 1 rings (SSSR count). The fraction of sp³-hybridized carbons (Fsp3) is 0.429. The van der Waals surface area contributed by atoms with E-state index in [0.717, 1.165) is 5.56 Å². The molecule has 0 saturated heterocycles. The van der Waals surface area contributed by atoms with Crippen molar-refractivity contribution in [2.24, 2.45) is 0 Å². The Hall–Kier alpha value is -2.08. The molecule has 0 aliphatic heterocycles. The van der Waals surface area contributed by atoms with Crippen LogP contribution in [-0.4, -0.2) is 53.4 Å². The number of hydrogen-bond donors (Lipinski definition) is 2. The SMILES string of the molecule is Cc1ccc(N(CC(=O)O)C(=O)N(C)CC(C)O)cc1. The number of carboxylic acid groups (broad SMARTS) is 1. The fourth-order valence-electron chi connectivity index (χ4n) is 1.81. The first-order valence-electron chi connectivity index (χ1n) is 6.30. The van der Waals surface area contributed by atoms with Crippen molar-refractivity contribution in [1.82, 2.24) is 4.90 Å². The Labute approximate surface area is 118 Å². The van der Waals surface area contributed by atoms with Gasteiger partial charge in [-0.05, 0) is 26.0 Å². The Morgan fingerprint density at radius 1 is 1.25 bits per heavy atom. The number of aryl methyl sites for hydroxylation is 1. The zero-order valence-electron chi connectivity index (χ0n) is 11.9. The van der Waals surface area contributed by atoms with E-state index < -0.39 is 24.6 Å². The molecular weight excluding hydrogens is 260 g/mol. The third kappa shape index (κ3) is 4.55. The standard InChI is InChI=1S/C14H20N2O4/c1-10-4-6-12(7-5-10)16(9-13(18)19)14(20)15(3)8-11(2)17/h4-7,11,17H,8-9H2,1-3H3,(H,18,19). The second-order valence-corrected chi connectivity index (χ2v) is 4.83. The Kier molecular flexibility index (Phi) is 5.52. The van der Waals surface area contributed by atoms with Crippen molar-refractivity contribution in [3.8, 4) is 0 Å². The van der Waals surface area contributed by atoms with Gasteiger partial charge in [-0.25, -0.2) is 4.79 Å². The molecule has 1 atom stereocenters. The van der Waals surface area contributed by atoms with Crippen molar-refractivity contribution >= 4 is 17.7 Å². The summed E-state index contributed by atoms with van der Waals surface area (Å²) in [6, 6.07) is 6.56. The number of hydrogen-bond acceptors (Lipinski definition) is 3. The molecule has 1 aromatic carbocycles. The van der Waals surface area contributed by atoms with Gasteiger partial charge in [-0.2, -0.15) is 0 Å². The van der Waals surface area contributed by atoms with Crippen LogP contribution in [0.2, 0.25) is 0 Å². The molecule has 0 heterocycles. The van der Waals surface area contributed by atoms with Gasteiger partial charge < -0.3 is 15.1 Å². The number of rotatable bonds is 5. The van der Waals surface area contributed by atoms with Crippen LogP contribution >= 0.6 is 0 Å². The molecule has 1 aromatic rings. The Morgan fingerprint density at radius 3 is 2.25 bits per heavy atom. The lowest BCUT2D eigenvalue weighted by atomic mass is 10.2. The van der Waals surface area contributed by atoms with Crippen molar-refractivity contribution < 1.29 is 19.8 Å². The maximum atomic E-state index is 12.3. The molecule has 6 nitrogen and oxygen atoms in total. The molecule has 6 heteroatoms. The molecule has 0 aliphatic carbocycles. The highest BCUT2D eigenvalue weighted by molar-refractivity contribution is 5.96. The van der Waals surface area contributed by atoms with Crippen molar-refractivity contribution in [3.05, 3.63) is 29.8 Å². The molecule has 110 valence electrons.